The first-order valence-corrected chi connectivity index (χ1v) is 6.49. The van der Waals surface area contributed by atoms with E-state index in [-0.39, 0.29) is 11.8 Å². The molecule has 1 saturated heterocycles. The number of carbonyl (C=O) groups excluding carboxylic acids is 1. The van der Waals surface area contributed by atoms with Crippen LogP contribution >= 0.6 is 0 Å². The second-order valence-electron chi connectivity index (χ2n) is 4.59. The summed E-state index contributed by atoms with van der Waals surface area (Å²) < 4.78 is 5.17. The van der Waals surface area contributed by atoms with E-state index in [0.29, 0.717) is 19.0 Å². The third-order valence-electron chi connectivity index (χ3n) is 3.25. The fraction of sp³-hybridized carbons (Fsp3) is 0.385. The number of rotatable bonds is 2. The summed E-state index contributed by atoms with van der Waals surface area (Å²) in [7, 11) is 0. The minimum Gasteiger partial charge on any atom is -0.417 e. The Kier molecular flexibility index (Phi) is 3.32. The van der Waals surface area contributed by atoms with E-state index in [9.17, 15) is 4.79 Å². The van der Waals surface area contributed by atoms with Crippen molar-refractivity contribution in [3.8, 4) is 0 Å². The second-order valence-corrected chi connectivity index (χ2v) is 4.59. The molecule has 0 saturated carbocycles. The largest absolute Gasteiger partial charge is 0.417 e. The summed E-state index contributed by atoms with van der Waals surface area (Å²) in [5.74, 6) is 1.20. The molecule has 20 heavy (non-hydrogen) atoms. The van der Waals surface area contributed by atoms with Crippen LogP contribution < -0.4 is 4.90 Å². The lowest BCUT2D eigenvalue weighted by molar-refractivity contribution is 0.0705. The third-order valence-corrected chi connectivity index (χ3v) is 3.25. The van der Waals surface area contributed by atoms with E-state index < -0.39 is 0 Å². The lowest BCUT2D eigenvalue weighted by Gasteiger charge is -2.34. The molecule has 0 aliphatic carbocycles. The Bertz CT molecular complexity index is 590. The average Bonchev–Trinajstić information content (AvgIpc) is 2.94. The molecule has 2 aromatic heterocycles. The summed E-state index contributed by atoms with van der Waals surface area (Å²) in [6.07, 6.45) is 1.77. The zero-order valence-electron chi connectivity index (χ0n) is 11.2. The maximum atomic E-state index is 12.2. The molecule has 2 aromatic rings. The van der Waals surface area contributed by atoms with Gasteiger partial charge in [0.25, 0.3) is 0 Å². The number of anilines is 1. The summed E-state index contributed by atoms with van der Waals surface area (Å²) in [5, 5.41) is 7.44. The highest BCUT2D eigenvalue weighted by atomic mass is 16.4. The van der Waals surface area contributed by atoms with E-state index in [2.05, 4.69) is 20.1 Å². The molecule has 3 rings (SSSR count). The predicted molar refractivity (Wildman–Crippen MR) is 71.4 cm³/mol. The number of carbonyl (C=O) groups is 1. The Labute approximate surface area is 116 Å². The maximum absolute atomic E-state index is 12.2. The smallest absolute Gasteiger partial charge is 0.311 e. The van der Waals surface area contributed by atoms with E-state index >= 15 is 0 Å². The molecule has 0 spiro atoms. The summed E-state index contributed by atoms with van der Waals surface area (Å²) in [6, 6.07) is 5.82. The Morgan fingerprint density at radius 1 is 1.20 bits per heavy atom. The monoisotopic (exact) mass is 273 g/mol. The van der Waals surface area contributed by atoms with Crippen molar-refractivity contribution in [2.24, 2.45) is 0 Å². The van der Waals surface area contributed by atoms with Crippen molar-refractivity contribution < 1.29 is 9.21 Å². The summed E-state index contributed by atoms with van der Waals surface area (Å²) in [5.41, 5.74) is 0. The highest BCUT2D eigenvalue weighted by Crippen LogP contribution is 2.14. The molecule has 7 heteroatoms. The first-order chi connectivity index (χ1) is 9.74. The van der Waals surface area contributed by atoms with Crippen LogP contribution in [0.15, 0.2) is 28.8 Å². The van der Waals surface area contributed by atoms with Crippen LogP contribution in [0.4, 0.5) is 5.82 Å². The quantitative estimate of drug-likeness (QED) is 0.803. The molecule has 1 aliphatic rings. The number of aromatic nitrogens is 3. The first kappa shape index (κ1) is 12.6. The highest BCUT2D eigenvalue weighted by Gasteiger charge is 2.25. The molecule has 0 bridgehead atoms. The number of nitrogens with zero attached hydrogens (tertiary/aromatic N) is 5. The second kappa shape index (κ2) is 5.28. The van der Waals surface area contributed by atoms with Gasteiger partial charge in [-0.05, 0) is 12.1 Å². The molecule has 0 atom stereocenters. The van der Waals surface area contributed by atoms with Gasteiger partial charge in [0.15, 0.2) is 0 Å². The van der Waals surface area contributed by atoms with Crippen LogP contribution in [0.3, 0.4) is 0 Å². The van der Waals surface area contributed by atoms with Crippen molar-refractivity contribution in [1.82, 2.24) is 20.1 Å². The number of piperazine rings is 1. The molecule has 3 heterocycles. The zero-order valence-corrected chi connectivity index (χ0v) is 11.2. The van der Waals surface area contributed by atoms with E-state index in [0.717, 1.165) is 18.9 Å². The minimum absolute atomic E-state index is 0.0637. The average molecular weight is 273 g/mol. The normalized spacial score (nSPS) is 15.4. The number of amides is 1. The van der Waals surface area contributed by atoms with Gasteiger partial charge in [-0.3, -0.25) is 4.79 Å². The summed E-state index contributed by atoms with van der Waals surface area (Å²) in [4.78, 5) is 20.4. The molecule has 1 amide bonds. The van der Waals surface area contributed by atoms with E-state index in [1.165, 1.54) is 0 Å². The van der Waals surface area contributed by atoms with Crippen molar-refractivity contribution in [3.63, 3.8) is 0 Å². The topological polar surface area (TPSA) is 75.4 Å². The highest BCUT2D eigenvalue weighted by molar-refractivity contribution is 5.89. The molecule has 0 N–H and O–H groups in total. The van der Waals surface area contributed by atoms with E-state index in [1.807, 2.05) is 18.2 Å². The van der Waals surface area contributed by atoms with Crippen LogP contribution in [-0.4, -0.2) is 52.2 Å². The van der Waals surface area contributed by atoms with E-state index in [4.69, 9.17) is 4.42 Å². The lowest BCUT2D eigenvalue weighted by Crippen LogP contribution is -2.49. The molecule has 1 aliphatic heterocycles. The molecule has 0 unspecified atom stereocenters. The molecular formula is C13H15N5O2. The van der Waals surface area contributed by atoms with Crippen LogP contribution in [0.1, 0.15) is 16.6 Å². The van der Waals surface area contributed by atoms with Gasteiger partial charge in [-0.1, -0.05) is 6.07 Å². The van der Waals surface area contributed by atoms with Crippen molar-refractivity contribution in [2.45, 2.75) is 6.92 Å². The summed E-state index contributed by atoms with van der Waals surface area (Å²) >= 11 is 0. The van der Waals surface area contributed by atoms with Crippen LogP contribution in [0, 0.1) is 6.92 Å². The van der Waals surface area contributed by atoms with E-state index in [1.54, 1.807) is 18.0 Å². The standard InChI is InChI=1S/C13H15N5O2/c1-10-15-16-12(20-10)13(19)18-8-6-17(7-9-18)11-4-2-3-5-14-11/h2-5H,6-9H2,1H3. The van der Waals surface area contributed by atoms with Crippen LogP contribution in [0.5, 0.6) is 0 Å². The van der Waals surface area contributed by atoms with Crippen molar-refractivity contribution in [2.75, 3.05) is 31.1 Å². The van der Waals surface area contributed by atoms with Crippen LogP contribution in [0.2, 0.25) is 0 Å². The van der Waals surface area contributed by atoms with Crippen molar-refractivity contribution in [1.29, 1.82) is 0 Å². The van der Waals surface area contributed by atoms with Gasteiger partial charge in [0.1, 0.15) is 5.82 Å². The lowest BCUT2D eigenvalue weighted by atomic mass is 10.3. The maximum Gasteiger partial charge on any atom is 0.311 e. The van der Waals surface area contributed by atoms with Gasteiger partial charge in [0.2, 0.25) is 5.89 Å². The molecule has 1 fully saturated rings. The Hall–Kier alpha value is -2.44. The Morgan fingerprint density at radius 3 is 2.60 bits per heavy atom. The fourth-order valence-electron chi connectivity index (χ4n) is 2.20. The zero-order chi connectivity index (χ0) is 13.9. The molecule has 7 nitrogen and oxygen atoms in total. The van der Waals surface area contributed by atoms with Gasteiger partial charge in [-0.25, -0.2) is 4.98 Å². The molecular weight excluding hydrogens is 258 g/mol. The Morgan fingerprint density at radius 2 is 2.00 bits per heavy atom. The van der Waals surface area contributed by atoms with Gasteiger partial charge in [0.05, 0.1) is 0 Å². The number of hydrogen-bond donors (Lipinski definition) is 0. The van der Waals surface area contributed by atoms with Gasteiger partial charge in [-0.15, -0.1) is 10.2 Å². The first-order valence-electron chi connectivity index (χ1n) is 6.49. The van der Waals surface area contributed by atoms with Gasteiger partial charge in [0, 0.05) is 39.3 Å². The van der Waals surface area contributed by atoms with Gasteiger partial charge >= 0.3 is 11.8 Å². The van der Waals surface area contributed by atoms with Gasteiger partial charge < -0.3 is 14.2 Å². The van der Waals surface area contributed by atoms with Crippen LogP contribution in [0.25, 0.3) is 0 Å². The number of hydrogen-bond acceptors (Lipinski definition) is 6. The van der Waals surface area contributed by atoms with Gasteiger partial charge in [-0.2, -0.15) is 0 Å². The molecule has 0 radical (unpaired) electrons. The Balaban J connectivity index is 1.63. The summed E-state index contributed by atoms with van der Waals surface area (Å²) in [6.45, 7) is 4.40. The molecule has 0 aromatic carbocycles. The van der Waals surface area contributed by atoms with Crippen molar-refractivity contribution >= 4 is 11.7 Å². The SMILES string of the molecule is Cc1nnc(C(=O)N2CCN(c3ccccn3)CC2)o1. The third kappa shape index (κ3) is 2.47. The minimum atomic E-state index is -0.203. The fourth-order valence-corrected chi connectivity index (χ4v) is 2.20. The molecule has 104 valence electrons. The number of aryl methyl sites for hydroxylation is 1. The van der Waals surface area contributed by atoms with Crippen LogP contribution in [-0.2, 0) is 0 Å². The number of pyridine rings is 1. The predicted octanol–water partition coefficient (Wildman–Crippen LogP) is 0.735. The van der Waals surface area contributed by atoms with Crippen molar-refractivity contribution in [3.05, 3.63) is 36.2 Å².